The highest BCUT2D eigenvalue weighted by Gasteiger charge is 2.23. The lowest BCUT2D eigenvalue weighted by atomic mass is 9.98. The van der Waals surface area contributed by atoms with Gasteiger partial charge in [0.25, 0.3) is 0 Å². The number of rotatable bonds is 3. The van der Waals surface area contributed by atoms with E-state index in [1.807, 2.05) is 6.92 Å². The minimum atomic E-state index is -1.18. The molecule has 19 heavy (non-hydrogen) atoms. The fourth-order valence-corrected chi connectivity index (χ4v) is 2.15. The lowest BCUT2D eigenvalue weighted by Crippen LogP contribution is -2.09. The molecule has 1 aromatic heterocycles. The van der Waals surface area contributed by atoms with E-state index in [4.69, 9.17) is 16.7 Å². The molecule has 5 nitrogen and oxygen atoms in total. The fourth-order valence-electron chi connectivity index (χ4n) is 1.94. The van der Waals surface area contributed by atoms with Crippen LogP contribution in [0.2, 0.25) is 5.02 Å². The SMILES string of the molecule is Cc1cc(C(O)c2[nH]cnc2C(=O)O)c(C)cc1Cl. The summed E-state index contributed by atoms with van der Waals surface area (Å²) in [6, 6.07) is 3.49. The number of carboxylic acid groups (broad SMARTS) is 1. The van der Waals surface area contributed by atoms with Gasteiger partial charge < -0.3 is 15.2 Å². The van der Waals surface area contributed by atoms with Crippen molar-refractivity contribution >= 4 is 17.6 Å². The van der Waals surface area contributed by atoms with Gasteiger partial charge in [-0.15, -0.1) is 0 Å². The zero-order valence-electron chi connectivity index (χ0n) is 10.4. The maximum atomic E-state index is 11.0. The van der Waals surface area contributed by atoms with Crippen LogP contribution in [0.1, 0.15) is 39.0 Å². The number of aromatic amines is 1. The molecular formula is C13H13ClN2O3. The second kappa shape index (κ2) is 5.03. The van der Waals surface area contributed by atoms with E-state index in [1.165, 1.54) is 6.33 Å². The summed E-state index contributed by atoms with van der Waals surface area (Å²) >= 11 is 6.00. The van der Waals surface area contributed by atoms with Crippen molar-refractivity contribution in [2.45, 2.75) is 20.0 Å². The number of imidazole rings is 1. The van der Waals surface area contributed by atoms with E-state index < -0.39 is 12.1 Å². The third-order valence-electron chi connectivity index (χ3n) is 2.99. The topological polar surface area (TPSA) is 86.2 Å². The lowest BCUT2D eigenvalue weighted by molar-refractivity contribution is 0.0685. The van der Waals surface area contributed by atoms with E-state index in [2.05, 4.69) is 9.97 Å². The molecule has 0 radical (unpaired) electrons. The molecule has 3 N–H and O–H groups in total. The Morgan fingerprint density at radius 2 is 2.05 bits per heavy atom. The monoisotopic (exact) mass is 280 g/mol. The van der Waals surface area contributed by atoms with Gasteiger partial charge in [0.15, 0.2) is 5.69 Å². The van der Waals surface area contributed by atoms with Crippen molar-refractivity contribution in [3.8, 4) is 0 Å². The van der Waals surface area contributed by atoms with Crippen molar-refractivity contribution in [3.63, 3.8) is 0 Å². The average Bonchev–Trinajstić information content (AvgIpc) is 2.82. The Hall–Kier alpha value is -1.85. The van der Waals surface area contributed by atoms with Crippen LogP contribution in [0.3, 0.4) is 0 Å². The summed E-state index contributed by atoms with van der Waals surface area (Å²) in [4.78, 5) is 17.4. The second-order valence-electron chi connectivity index (χ2n) is 4.33. The number of nitrogens with zero attached hydrogens (tertiary/aromatic N) is 1. The van der Waals surface area contributed by atoms with Crippen LogP contribution in [0.25, 0.3) is 0 Å². The summed E-state index contributed by atoms with van der Waals surface area (Å²) in [5, 5.41) is 19.9. The van der Waals surface area contributed by atoms with Crippen LogP contribution in [0.4, 0.5) is 0 Å². The molecule has 1 heterocycles. The highest BCUT2D eigenvalue weighted by Crippen LogP contribution is 2.29. The molecule has 0 bridgehead atoms. The summed E-state index contributed by atoms with van der Waals surface area (Å²) in [6.07, 6.45) is 0.171. The van der Waals surface area contributed by atoms with Crippen LogP contribution in [-0.4, -0.2) is 26.2 Å². The van der Waals surface area contributed by atoms with Gasteiger partial charge in [-0.2, -0.15) is 0 Å². The quantitative estimate of drug-likeness (QED) is 0.806. The fraction of sp³-hybridized carbons (Fsp3) is 0.231. The molecule has 1 unspecified atom stereocenters. The van der Waals surface area contributed by atoms with Crippen LogP contribution >= 0.6 is 11.6 Å². The number of halogens is 1. The maximum Gasteiger partial charge on any atom is 0.356 e. The number of nitrogens with one attached hydrogen (secondary N) is 1. The highest BCUT2D eigenvalue weighted by molar-refractivity contribution is 6.31. The Labute approximate surface area is 114 Å². The zero-order valence-corrected chi connectivity index (χ0v) is 11.2. The van der Waals surface area contributed by atoms with Crippen molar-refractivity contribution in [2.24, 2.45) is 0 Å². The molecule has 2 aromatic rings. The largest absolute Gasteiger partial charge is 0.476 e. The Morgan fingerprint density at radius 3 is 2.68 bits per heavy atom. The van der Waals surface area contributed by atoms with Crippen LogP contribution in [-0.2, 0) is 0 Å². The molecule has 0 saturated carbocycles. The first-order valence-corrected chi connectivity index (χ1v) is 6.01. The lowest BCUT2D eigenvalue weighted by Gasteiger charge is -2.14. The first-order chi connectivity index (χ1) is 8.91. The van der Waals surface area contributed by atoms with Crippen LogP contribution in [0.15, 0.2) is 18.5 Å². The number of carbonyl (C=O) groups is 1. The molecule has 0 amide bonds. The normalized spacial score (nSPS) is 12.4. The first-order valence-electron chi connectivity index (χ1n) is 5.63. The zero-order chi connectivity index (χ0) is 14.2. The van der Waals surface area contributed by atoms with Gasteiger partial charge in [-0.1, -0.05) is 17.7 Å². The van der Waals surface area contributed by atoms with E-state index >= 15 is 0 Å². The molecule has 1 atom stereocenters. The number of aromatic nitrogens is 2. The molecule has 0 fully saturated rings. The van der Waals surface area contributed by atoms with Gasteiger partial charge in [0, 0.05) is 5.02 Å². The summed E-state index contributed by atoms with van der Waals surface area (Å²) < 4.78 is 0. The molecule has 6 heteroatoms. The summed E-state index contributed by atoms with van der Waals surface area (Å²) in [7, 11) is 0. The van der Waals surface area contributed by atoms with E-state index in [1.54, 1.807) is 19.1 Å². The Balaban J connectivity index is 2.50. The highest BCUT2D eigenvalue weighted by atomic mass is 35.5. The van der Waals surface area contributed by atoms with Crippen molar-refractivity contribution in [1.82, 2.24) is 9.97 Å². The van der Waals surface area contributed by atoms with Gasteiger partial charge in [-0.3, -0.25) is 0 Å². The molecular weight excluding hydrogens is 268 g/mol. The van der Waals surface area contributed by atoms with Crippen molar-refractivity contribution < 1.29 is 15.0 Å². The number of aliphatic hydroxyl groups excluding tert-OH is 1. The summed E-state index contributed by atoms with van der Waals surface area (Å²) in [5.41, 5.74) is 2.19. The van der Waals surface area contributed by atoms with E-state index in [0.717, 1.165) is 11.1 Å². The van der Waals surface area contributed by atoms with Crippen molar-refractivity contribution in [2.75, 3.05) is 0 Å². The maximum absolute atomic E-state index is 11.0. The van der Waals surface area contributed by atoms with Gasteiger partial charge in [0.05, 0.1) is 12.0 Å². The van der Waals surface area contributed by atoms with Crippen molar-refractivity contribution in [3.05, 3.63) is 51.6 Å². The summed E-state index contributed by atoms with van der Waals surface area (Å²) in [5.74, 6) is -1.18. The van der Waals surface area contributed by atoms with Crippen LogP contribution < -0.4 is 0 Å². The summed E-state index contributed by atoms with van der Waals surface area (Å²) in [6.45, 7) is 3.63. The molecule has 0 spiro atoms. The standard InChI is InChI=1S/C13H13ClN2O3/c1-6-4-9(14)7(2)3-8(6)12(17)10-11(13(18)19)16-5-15-10/h3-5,12,17H,1-2H3,(H,15,16)(H,18,19). The number of hydrogen-bond acceptors (Lipinski definition) is 3. The van der Waals surface area contributed by atoms with Gasteiger partial charge in [-0.25, -0.2) is 9.78 Å². The van der Waals surface area contributed by atoms with E-state index in [-0.39, 0.29) is 11.4 Å². The average molecular weight is 281 g/mol. The van der Waals surface area contributed by atoms with E-state index in [0.29, 0.717) is 10.6 Å². The number of H-pyrrole nitrogens is 1. The number of aryl methyl sites for hydroxylation is 2. The molecule has 0 aliphatic heterocycles. The first kappa shape index (κ1) is 13.6. The van der Waals surface area contributed by atoms with Gasteiger partial charge >= 0.3 is 5.97 Å². The van der Waals surface area contributed by atoms with Crippen molar-refractivity contribution in [1.29, 1.82) is 0 Å². The predicted octanol–water partition coefficient (Wildman–Crippen LogP) is 2.46. The molecule has 2 rings (SSSR count). The molecule has 1 aromatic carbocycles. The van der Waals surface area contributed by atoms with Gasteiger partial charge in [0.1, 0.15) is 6.10 Å². The molecule has 0 aliphatic rings. The minimum absolute atomic E-state index is 0.164. The Morgan fingerprint density at radius 1 is 1.37 bits per heavy atom. The van der Waals surface area contributed by atoms with Crippen LogP contribution in [0.5, 0.6) is 0 Å². The van der Waals surface area contributed by atoms with Crippen LogP contribution in [0, 0.1) is 13.8 Å². The Bertz CT molecular complexity index is 637. The smallest absolute Gasteiger partial charge is 0.356 e. The number of aromatic carboxylic acids is 1. The molecule has 0 saturated heterocycles. The second-order valence-corrected chi connectivity index (χ2v) is 4.74. The third-order valence-corrected chi connectivity index (χ3v) is 3.39. The van der Waals surface area contributed by atoms with Gasteiger partial charge in [0.2, 0.25) is 0 Å². The number of benzene rings is 1. The Kier molecular flexibility index (Phi) is 3.59. The minimum Gasteiger partial charge on any atom is -0.476 e. The predicted molar refractivity (Wildman–Crippen MR) is 70.5 cm³/mol. The molecule has 100 valence electrons. The third kappa shape index (κ3) is 2.47. The van der Waals surface area contributed by atoms with E-state index in [9.17, 15) is 9.90 Å². The molecule has 0 aliphatic carbocycles. The van der Waals surface area contributed by atoms with Gasteiger partial charge in [-0.05, 0) is 36.6 Å². The number of hydrogen-bond donors (Lipinski definition) is 3. The number of aliphatic hydroxyl groups is 1. The number of carboxylic acids is 1.